The van der Waals surface area contributed by atoms with Gasteiger partial charge in [-0.15, -0.1) is 11.3 Å². The first-order valence-corrected chi connectivity index (χ1v) is 10.8. The molecule has 1 aliphatic rings. The van der Waals surface area contributed by atoms with E-state index >= 15 is 0 Å². The number of halogens is 1. The first-order chi connectivity index (χ1) is 14.9. The summed E-state index contributed by atoms with van der Waals surface area (Å²) >= 11 is 7.34. The van der Waals surface area contributed by atoms with Crippen LogP contribution in [0.5, 0.6) is 0 Å². The van der Waals surface area contributed by atoms with Gasteiger partial charge in [-0.1, -0.05) is 6.07 Å². The van der Waals surface area contributed by atoms with Crippen LogP contribution in [0.25, 0.3) is 22.1 Å². The van der Waals surface area contributed by atoms with Crippen LogP contribution in [0.4, 0.5) is 0 Å². The van der Waals surface area contributed by atoms with E-state index in [9.17, 15) is 4.79 Å². The van der Waals surface area contributed by atoms with E-state index in [-0.39, 0.29) is 17.2 Å². The molecule has 5 rings (SSSR count). The number of hydrogen-bond acceptors (Lipinski definition) is 6. The molecule has 0 spiro atoms. The second-order valence-electron chi connectivity index (χ2n) is 7.66. The number of amides is 1. The summed E-state index contributed by atoms with van der Waals surface area (Å²) in [5.74, 6) is -0.601. The number of nitrogens with one attached hydrogen (secondary N) is 2. The van der Waals surface area contributed by atoms with E-state index in [0.717, 1.165) is 32.5 Å². The van der Waals surface area contributed by atoms with Crippen molar-refractivity contribution in [3.8, 4) is 11.1 Å². The number of furan rings is 1. The quantitative estimate of drug-likeness (QED) is 0.444. The first kappa shape index (κ1) is 19.7. The zero-order valence-electron chi connectivity index (χ0n) is 16.7. The Kier molecular flexibility index (Phi) is 4.56. The summed E-state index contributed by atoms with van der Waals surface area (Å²) < 4.78 is 5.46. The summed E-state index contributed by atoms with van der Waals surface area (Å²) in [6.45, 7) is 1.96. The molecule has 0 unspecified atom stereocenters. The number of guanidine groups is 1. The van der Waals surface area contributed by atoms with Crippen LogP contribution < -0.4 is 5.32 Å². The number of nitrogens with zero attached hydrogens (tertiary/aromatic N) is 3. The Balaban J connectivity index is 1.62. The smallest absolute Gasteiger partial charge is 0.239 e. The standard InChI is InChI=1S/C22H18ClN5O2S/c1-22(17-8-14(11-31-17)15-9-25-20(23)26-10-15)18(19(29)28(2)21(24)27-22)13-3-4-16-12(7-13)5-6-30-16/h3-11,18H,1-2H3,(H2,24,27)/t18-,22+/m0/s1. The average Bonchev–Trinajstić information content (AvgIpc) is 3.42. The number of hydrogen-bond donors (Lipinski definition) is 2. The maximum absolute atomic E-state index is 13.4. The van der Waals surface area contributed by atoms with E-state index in [4.69, 9.17) is 21.4 Å². The Morgan fingerprint density at radius 3 is 2.77 bits per heavy atom. The van der Waals surface area contributed by atoms with E-state index in [0.29, 0.717) is 0 Å². The van der Waals surface area contributed by atoms with Crippen molar-refractivity contribution in [3.63, 3.8) is 0 Å². The number of fused-ring (bicyclic) bond motifs is 1. The zero-order valence-corrected chi connectivity index (χ0v) is 18.3. The van der Waals surface area contributed by atoms with Crippen molar-refractivity contribution in [1.29, 1.82) is 5.41 Å². The molecule has 1 fully saturated rings. The second kappa shape index (κ2) is 7.18. The highest BCUT2D eigenvalue weighted by Crippen LogP contribution is 2.44. The molecule has 9 heteroatoms. The van der Waals surface area contributed by atoms with Crippen molar-refractivity contribution in [3.05, 3.63) is 70.1 Å². The highest BCUT2D eigenvalue weighted by atomic mass is 35.5. The Morgan fingerprint density at radius 2 is 2.00 bits per heavy atom. The topological polar surface area (TPSA) is 95.1 Å². The van der Waals surface area contributed by atoms with Crippen molar-refractivity contribution in [2.45, 2.75) is 18.4 Å². The minimum atomic E-state index is -0.811. The van der Waals surface area contributed by atoms with Gasteiger partial charge in [-0.25, -0.2) is 9.97 Å². The molecule has 2 atom stereocenters. The van der Waals surface area contributed by atoms with Crippen molar-refractivity contribution < 1.29 is 9.21 Å². The molecule has 1 aliphatic heterocycles. The molecular formula is C22H18ClN5O2S. The van der Waals surface area contributed by atoms with E-state index in [1.807, 2.05) is 42.6 Å². The summed E-state index contributed by atoms with van der Waals surface area (Å²) in [4.78, 5) is 23.8. The van der Waals surface area contributed by atoms with Crippen LogP contribution in [-0.4, -0.2) is 33.8 Å². The van der Waals surface area contributed by atoms with Crippen LogP contribution in [-0.2, 0) is 10.3 Å². The highest BCUT2D eigenvalue weighted by molar-refractivity contribution is 7.10. The Hall–Kier alpha value is -3.23. The van der Waals surface area contributed by atoms with Gasteiger partial charge in [0, 0.05) is 35.3 Å². The summed E-state index contributed by atoms with van der Waals surface area (Å²) in [7, 11) is 1.62. The van der Waals surface area contributed by atoms with Crippen molar-refractivity contribution >= 4 is 45.8 Å². The molecule has 4 aromatic rings. The lowest BCUT2D eigenvalue weighted by atomic mass is 9.76. The molecule has 156 valence electrons. The number of carbonyl (C=O) groups is 1. The maximum atomic E-state index is 13.4. The van der Waals surface area contributed by atoms with Gasteiger partial charge in [-0.3, -0.25) is 15.1 Å². The van der Waals surface area contributed by atoms with Gasteiger partial charge in [0.05, 0.1) is 17.7 Å². The summed E-state index contributed by atoms with van der Waals surface area (Å²) in [5.41, 5.74) is 2.58. The van der Waals surface area contributed by atoms with Crippen LogP contribution >= 0.6 is 22.9 Å². The number of aromatic nitrogens is 2. The fraction of sp³-hybridized carbons (Fsp3) is 0.182. The van der Waals surface area contributed by atoms with Crippen molar-refractivity contribution in [2.24, 2.45) is 0 Å². The minimum Gasteiger partial charge on any atom is -0.464 e. The molecule has 1 aromatic carbocycles. The Labute approximate surface area is 187 Å². The van der Waals surface area contributed by atoms with Gasteiger partial charge < -0.3 is 9.73 Å². The number of likely N-dealkylation sites (N-methyl/N-ethyl adjacent to an activating group) is 1. The van der Waals surface area contributed by atoms with Crippen molar-refractivity contribution in [2.75, 3.05) is 7.05 Å². The Morgan fingerprint density at radius 1 is 1.23 bits per heavy atom. The van der Waals surface area contributed by atoms with Gasteiger partial charge in [-0.05, 0) is 59.3 Å². The lowest BCUT2D eigenvalue weighted by Crippen LogP contribution is -2.62. The largest absolute Gasteiger partial charge is 0.464 e. The maximum Gasteiger partial charge on any atom is 0.239 e. The second-order valence-corrected chi connectivity index (χ2v) is 8.91. The van der Waals surface area contributed by atoms with Crippen LogP contribution in [0.15, 0.2) is 58.8 Å². The minimum absolute atomic E-state index is 0.0675. The van der Waals surface area contributed by atoms with Crippen molar-refractivity contribution in [1.82, 2.24) is 20.2 Å². The number of rotatable bonds is 3. The zero-order chi connectivity index (χ0) is 21.8. The number of benzene rings is 1. The fourth-order valence-electron chi connectivity index (χ4n) is 4.02. The van der Waals surface area contributed by atoms with Gasteiger partial charge >= 0.3 is 0 Å². The molecule has 1 amide bonds. The number of carbonyl (C=O) groups excluding carboxylic acids is 1. The third-order valence-electron chi connectivity index (χ3n) is 5.74. The summed E-state index contributed by atoms with van der Waals surface area (Å²) in [5, 5.41) is 14.7. The van der Waals surface area contributed by atoms with Gasteiger partial charge in [0.1, 0.15) is 5.58 Å². The van der Waals surface area contributed by atoms with Gasteiger partial charge in [0.2, 0.25) is 11.2 Å². The summed E-state index contributed by atoms with van der Waals surface area (Å²) in [6, 6.07) is 9.67. The molecule has 7 nitrogen and oxygen atoms in total. The monoisotopic (exact) mass is 451 g/mol. The molecule has 0 radical (unpaired) electrons. The normalized spacial score (nSPS) is 21.5. The van der Waals surface area contributed by atoms with E-state index in [2.05, 4.69) is 15.3 Å². The molecule has 0 aliphatic carbocycles. The first-order valence-electron chi connectivity index (χ1n) is 9.55. The molecule has 0 bridgehead atoms. The average molecular weight is 452 g/mol. The lowest BCUT2D eigenvalue weighted by Gasteiger charge is -2.45. The van der Waals surface area contributed by atoms with Crippen LogP contribution in [0.3, 0.4) is 0 Å². The molecule has 2 N–H and O–H groups in total. The van der Waals surface area contributed by atoms with Crippen LogP contribution in [0.2, 0.25) is 5.28 Å². The van der Waals surface area contributed by atoms with E-state index < -0.39 is 11.5 Å². The number of thiophene rings is 1. The van der Waals surface area contributed by atoms with Gasteiger partial charge in [0.15, 0.2) is 5.96 Å². The molecule has 3 aromatic heterocycles. The van der Waals surface area contributed by atoms with Crippen LogP contribution in [0.1, 0.15) is 23.3 Å². The molecule has 0 saturated carbocycles. The predicted octanol–water partition coefficient (Wildman–Crippen LogP) is 4.60. The lowest BCUT2D eigenvalue weighted by molar-refractivity contribution is -0.131. The molecule has 1 saturated heterocycles. The predicted molar refractivity (Wildman–Crippen MR) is 120 cm³/mol. The Bertz CT molecular complexity index is 1310. The molecular weight excluding hydrogens is 434 g/mol. The third kappa shape index (κ3) is 3.19. The molecule has 31 heavy (non-hydrogen) atoms. The highest BCUT2D eigenvalue weighted by Gasteiger charge is 2.49. The fourth-order valence-corrected chi connectivity index (χ4v) is 5.18. The van der Waals surface area contributed by atoms with Crippen LogP contribution in [0, 0.1) is 5.41 Å². The van der Waals surface area contributed by atoms with E-state index in [1.54, 1.807) is 25.7 Å². The summed E-state index contributed by atoms with van der Waals surface area (Å²) in [6.07, 6.45) is 4.97. The van der Waals surface area contributed by atoms with E-state index in [1.165, 1.54) is 16.2 Å². The van der Waals surface area contributed by atoms with Gasteiger partial charge in [-0.2, -0.15) is 0 Å². The SMILES string of the molecule is CN1C(=N)N[C@](C)(c2cc(-c3cnc(Cl)nc3)cs2)[C@@H](c2ccc3occc3c2)C1=O. The molecule has 4 heterocycles. The van der Waals surface area contributed by atoms with Gasteiger partial charge in [0.25, 0.3) is 0 Å². The third-order valence-corrected chi connectivity index (χ3v) is 7.11.